The molecule has 0 saturated carbocycles. The van der Waals surface area contributed by atoms with Gasteiger partial charge in [-0.1, -0.05) is 67.6 Å². The van der Waals surface area contributed by atoms with Crippen LogP contribution in [0.5, 0.6) is 11.5 Å². The van der Waals surface area contributed by atoms with Gasteiger partial charge in [0.1, 0.15) is 5.75 Å². The topological polar surface area (TPSA) is 163 Å². The number of carbonyl (C=O) groups is 3. The van der Waals surface area contributed by atoms with Gasteiger partial charge in [0, 0.05) is 41.4 Å². The number of para-hydroxylation sites is 3. The molecule has 1 fully saturated rings. The first-order valence-corrected chi connectivity index (χ1v) is 23.1. The van der Waals surface area contributed by atoms with Gasteiger partial charge in [0.15, 0.2) is 19.7 Å². The van der Waals surface area contributed by atoms with Gasteiger partial charge in [-0.3, -0.25) is 29.4 Å². The molecule has 14 heteroatoms. The summed E-state index contributed by atoms with van der Waals surface area (Å²) in [6, 6.07) is 33.2. The molecule has 5 aromatic rings. The van der Waals surface area contributed by atoms with Crippen molar-refractivity contribution in [1.82, 2.24) is 4.90 Å². The van der Waals surface area contributed by atoms with Crippen LogP contribution in [-0.2, 0) is 39.4 Å². The molecule has 13 nitrogen and oxygen atoms in total. The minimum Gasteiger partial charge on any atom is -0.454 e. The molecular formula is C46H44N4O9Si. The number of non-ortho nitro benzene ring substituents is 1. The molecule has 2 N–H and O–H groups in total. The van der Waals surface area contributed by atoms with Crippen LogP contribution in [0.15, 0.2) is 115 Å². The first-order valence-electron chi connectivity index (χ1n) is 20.1. The van der Waals surface area contributed by atoms with Crippen LogP contribution in [0, 0.1) is 16.0 Å². The number of hydrogen-bond donors (Lipinski definition) is 2. The van der Waals surface area contributed by atoms with E-state index >= 15 is 4.79 Å². The van der Waals surface area contributed by atoms with E-state index in [1.54, 1.807) is 82.4 Å². The van der Waals surface area contributed by atoms with Crippen molar-refractivity contribution in [3.8, 4) is 11.5 Å². The fraction of sp³-hybridized carbons (Fsp3) is 0.283. The number of nitrogens with zero attached hydrogens (tertiary/aromatic N) is 4. The van der Waals surface area contributed by atoms with E-state index < -0.39 is 48.4 Å². The van der Waals surface area contributed by atoms with E-state index in [4.69, 9.17) is 9.47 Å². The summed E-state index contributed by atoms with van der Waals surface area (Å²) >= 11 is 0. The van der Waals surface area contributed by atoms with Crippen LogP contribution >= 0.6 is 0 Å². The molecule has 3 amide bonds. The third-order valence-corrected chi connectivity index (χ3v) is 15.1. The average molecular weight is 825 g/mol. The third-order valence-electron chi connectivity index (χ3n) is 12.6. The lowest BCUT2D eigenvalue weighted by Crippen LogP contribution is -2.48. The maximum Gasteiger partial charge on any atom is 0.269 e. The van der Waals surface area contributed by atoms with Crippen molar-refractivity contribution < 1.29 is 38.7 Å². The number of anilines is 3. The summed E-state index contributed by atoms with van der Waals surface area (Å²) in [4.78, 5) is 72.1. The molecule has 4 aliphatic rings. The van der Waals surface area contributed by atoms with Gasteiger partial charge >= 0.3 is 0 Å². The number of nitro groups is 1. The number of carbonyl (C=O) groups excluding carboxylic acids is 3. The Morgan fingerprint density at radius 2 is 1.62 bits per heavy atom. The van der Waals surface area contributed by atoms with Crippen molar-refractivity contribution in [1.29, 1.82) is 0 Å². The summed E-state index contributed by atoms with van der Waals surface area (Å²) < 4.78 is 13.1. The van der Waals surface area contributed by atoms with Crippen molar-refractivity contribution in [3.63, 3.8) is 0 Å². The summed E-state index contributed by atoms with van der Waals surface area (Å²) in [5, 5.41) is 22.6. The highest BCUT2D eigenvalue weighted by atomic mass is 28.4. The van der Waals surface area contributed by atoms with Crippen molar-refractivity contribution >= 4 is 48.8 Å². The zero-order valence-corrected chi connectivity index (χ0v) is 34.4. The van der Waals surface area contributed by atoms with Crippen LogP contribution < -0.4 is 14.5 Å². The Labute approximate surface area is 347 Å². The highest BCUT2D eigenvalue weighted by molar-refractivity contribution is 6.71. The van der Waals surface area contributed by atoms with Crippen molar-refractivity contribution in [2.24, 2.45) is 5.92 Å². The molecule has 1 spiro atoms. The van der Waals surface area contributed by atoms with Crippen LogP contribution in [0.3, 0.4) is 0 Å². The first-order chi connectivity index (χ1) is 28.8. The maximum atomic E-state index is 15.3. The lowest BCUT2D eigenvalue weighted by atomic mass is 9.82. The molecule has 4 heterocycles. The summed E-state index contributed by atoms with van der Waals surface area (Å²) in [6.07, 6.45) is -0.585. The second-order valence-electron chi connectivity index (χ2n) is 16.6. The Morgan fingerprint density at radius 3 is 2.37 bits per heavy atom. The molecule has 0 unspecified atom stereocenters. The van der Waals surface area contributed by atoms with Gasteiger partial charge in [-0.05, 0) is 78.7 Å². The molecule has 0 aromatic heterocycles. The lowest BCUT2D eigenvalue weighted by molar-refractivity contribution is -0.385. The van der Waals surface area contributed by atoms with Gasteiger partial charge in [0.2, 0.25) is 5.91 Å². The van der Waals surface area contributed by atoms with E-state index in [9.17, 15) is 29.6 Å². The smallest absolute Gasteiger partial charge is 0.269 e. The van der Waals surface area contributed by atoms with Crippen molar-refractivity contribution in [3.05, 3.63) is 153 Å². The van der Waals surface area contributed by atoms with E-state index in [2.05, 4.69) is 0 Å². The highest BCUT2D eigenvalue weighted by Crippen LogP contribution is 2.60. The second kappa shape index (κ2) is 14.8. The van der Waals surface area contributed by atoms with E-state index in [1.807, 2.05) is 55.5 Å². The predicted octanol–water partition coefficient (Wildman–Crippen LogP) is 7.36. The fourth-order valence-corrected chi connectivity index (χ4v) is 12.5. The number of amides is 3. The number of nitro benzene ring substituents is 1. The SMILES string of the molecule is C[C@@H]1[C@@H]([Si](C)(C)O)[C@H](CC(=O)N2Cc3ccccc3C[C@H]2CO)O[C@@]12C(=O)N(Cc1cccc(N3C(=O)c4ccccc4Oc4ccccc43)c1)c1ccc([N+](=O)[O-])cc12. The van der Waals surface area contributed by atoms with Gasteiger partial charge in [-0.25, -0.2) is 0 Å². The van der Waals surface area contributed by atoms with E-state index in [-0.39, 0.29) is 37.1 Å². The van der Waals surface area contributed by atoms with Crippen LogP contribution in [0.1, 0.15) is 46.0 Å². The molecule has 306 valence electrons. The predicted molar refractivity (Wildman–Crippen MR) is 226 cm³/mol. The zero-order chi connectivity index (χ0) is 42.1. The van der Waals surface area contributed by atoms with Gasteiger partial charge in [-0.2, -0.15) is 0 Å². The van der Waals surface area contributed by atoms with Crippen molar-refractivity contribution in [2.75, 3.05) is 16.4 Å². The number of aliphatic hydroxyl groups is 1. The molecule has 4 aliphatic heterocycles. The molecule has 0 bridgehead atoms. The van der Waals surface area contributed by atoms with E-state index in [0.29, 0.717) is 58.2 Å². The van der Waals surface area contributed by atoms with Gasteiger partial charge in [-0.15, -0.1) is 0 Å². The first kappa shape index (κ1) is 39.3. The van der Waals surface area contributed by atoms with Crippen molar-refractivity contribution in [2.45, 2.75) is 69.2 Å². The molecule has 0 radical (unpaired) electrons. The summed E-state index contributed by atoms with van der Waals surface area (Å²) in [5.74, 6) is -0.801. The van der Waals surface area contributed by atoms with Crippen LogP contribution in [-0.4, -0.2) is 64.5 Å². The zero-order valence-electron chi connectivity index (χ0n) is 33.4. The van der Waals surface area contributed by atoms with Gasteiger partial charge in [0.05, 0.1) is 53.6 Å². The number of hydrogen-bond acceptors (Lipinski definition) is 9. The molecule has 5 aromatic carbocycles. The normalized spacial score (nSPS) is 23.1. The summed E-state index contributed by atoms with van der Waals surface area (Å²) in [5.41, 5.74) is 2.28. The van der Waals surface area contributed by atoms with E-state index in [1.165, 1.54) is 12.1 Å². The Balaban J connectivity index is 1.08. The van der Waals surface area contributed by atoms with Crippen LogP contribution in [0.25, 0.3) is 0 Å². The quantitative estimate of drug-likeness (QED) is 0.0925. The standard InChI is InChI=1S/C46H44N4O9Si/c1-28-43(60(2,3)57)41(24-42(52)47-26-31-13-5-4-12-30(31)22-34(47)27-51)59-46(28)36-23-33(50(55)56)19-20-37(36)48(45(46)54)25-29-11-10-14-32(21-29)49-38-16-7-9-18-40(38)58-39-17-8-6-15-35(39)44(49)53/h4-21,23,28,34,41,43,51,57H,22,24-27H2,1-3H3/t28-,34+,41+,43-,46+/m1/s1. The fourth-order valence-electron chi connectivity index (χ4n) is 9.91. The van der Waals surface area contributed by atoms with Gasteiger partial charge in [0.25, 0.3) is 17.5 Å². The highest BCUT2D eigenvalue weighted by Gasteiger charge is 2.67. The lowest BCUT2D eigenvalue weighted by Gasteiger charge is -2.37. The summed E-state index contributed by atoms with van der Waals surface area (Å²) in [7, 11) is -3.21. The Morgan fingerprint density at radius 1 is 0.900 bits per heavy atom. The second-order valence-corrected chi connectivity index (χ2v) is 20.6. The molecule has 5 atom stereocenters. The maximum absolute atomic E-state index is 15.3. The Kier molecular flexibility index (Phi) is 9.70. The minimum absolute atomic E-state index is 0.0195. The summed E-state index contributed by atoms with van der Waals surface area (Å²) in [6.45, 7) is 5.41. The van der Waals surface area contributed by atoms with Crippen LogP contribution in [0.2, 0.25) is 18.6 Å². The Bertz CT molecular complexity index is 2580. The third kappa shape index (κ3) is 6.38. The average Bonchev–Trinajstić information content (AvgIpc) is 3.61. The minimum atomic E-state index is -3.21. The molecule has 1 saturated heterocycles. The number of fused-ring (bicyclic) bond motifs is 5. The number of aliphatic hydroxyl groups excluding tert-OH is 1. The number of rotatable bonds is 8. The Hall–Kier alpha value is -6.19. The largest absolute Gasteiger partial charge is 0.454 e. The van der Waals surface area contributed by atoms with E-state index in [0.717, 1.165) is 11.1 Å². The number of ether oxygens (including phenoxy) is 2. The molecule has 9 rings (SSSR count). The number of benzene rings is 5. The van der Waals surface area contributed by atoms with Crippen LogP contribution in [0.4, 0.5) is 22.7 Å². The molecule has 60 heavy (non-hydrogen) atoms. The molecule has 0 aliphatic carbocycles. The molecular weight excluding hydrogens is 781 g/mol. The monoisotopic (exact) mass is 824 g/mol. The van der Waals surface area contributed by atoms with Gasteiger partial charge < -0.3 is 29.2 Å².